The van der Waals surface area contributed by atoms with Gasteiger partial charge in [-0.3, -0.25) is 0 Å². The van der Waals surface area contributed by atoms with Crippen LogP contribution in [0.3, 0.4) is 0 Å². The van der Waals surface area contributed by atoms with E-state index in [0.717, 1.165) is 12.8 Å². The van der Waals surface area contributed by atoms with Gasteiger partial charge in [-0.15, -0.1) is 0 Å². The molecule has 1 unspecified atom stereocenters. The van der Waals surface area contributed by atoms with Crippen molar-refractivity contribution in [2.45, 2.75) is 31.9 Å². The molecule has 1 aliphatic rings. The first kappa shape index (κ1) is 9.46. The average Bonchev–Trinajstić information content (AvgIpc) is 1.93. The lowest BCUT2D eigenvalue weighted by Gasteiger charge is -2.22. The maximum Gasteiger partial charge on any atom is 0.115 e. The molecule has 0 aromatic rings. The second-order valence-electron chi connectivity index (χ2n) is 3.07. The molecule has 0 N–H and O–H groups in total. The van der Waals surface area contributed by atoms with Crippen LogP contribution in [0.4, 0.5) is 4.39 Å². The minimum atomic E-state index is -1.22. The summed E-state index contributed by atoms with van der Waals surface area (Å²) in [5.74, 6) is 0.925. The molecule has 0 spiro atoms. The van der Waals surface area contributed by atoms with Crippen LogP contribution in [0.25, 0.3) is 0 Å². The molecule has 0 aromatic carbocycles. The lowest BCUT2D eigenvalue weighted by atomic mass is 9.90. The van der Waals surface area contributed by atoms with E-state index in [1.807, 2.05) is 0 Å². The van der Waals surface area contributed by atoms with Gasteiger partial charge in [0.1, 0.15) is 16.2 Å². The summed E-state index contributed by atoms with van der Waals surface area (Å²) in [6, 6.07) is 0. The largest absolute Gasteiger partial charge is 0.247 e. The molecule has 11 heavy (non-hydrogen) atoms. The Balaban J connectivity index is 2.22. The van der Waals surface area contributed by atoms with E-state index in [1.165, 1.54) is 0 Å². The molecule has 1 atom stereocenters. The molecular formula is C7H12ClFOS. The van der Waals surface area contributed by atoms with Crippen LogP contribution in [-0.2, 0) is 10.0 Å². The van der Waals surface area contributed by atoms with Crippen molar-refractivity contribution in [3.8, 4) is 0 Å². The smallest absolute Gasteiger partial charge is 0.115 e. The zero-order chi connectivity index (χ0) is 8.27. The van der Waals surface area contributed by atoms with Crippen molar-refractivity contribution >= 4 is 20.7 Å². The average molecular weight is 199 g/mol. The Labute approximate surface area is 73.3 Å². The van der Waals surface area contributed by atoms with E-state index < -0.39 is 16.2 Å². The first-order valence-corrected chi connectivity index (χ1v) is 6.01. The number of rotatable bonds is 2. The molecule has 0 aliphatic heterocycles. The van der Waals surface area contributed by atoms with Gasteiger partial charge in [-0.2, -0.15) is 0 Å². The number of hydrogen-bond donors (Lipinski definition) is 0. The van der Waals surface area contributed by atoms with Gasteiger partial charge in [-0.05, 0) is 42.3 Å². The second-order valence-corrected chi connectivity index (χ2v) is 5.02. The summed E-state index contributed by atoms with van der Waals surface area (Å²) in [5, 5.41) is 0. The fourth-order valence-electron chi connectivity index (χ4n) is 1.47. The van der Waals surface area contributed by atoms with Gasteiger partial charge in [0.05, 0.1) is 0 Å². The minimum Gasteiger partial charge on any atom is -0.247 e. The molecule has 0 amide bonds. The van der Waals surface area contributed by atoms with Crippen molar-refractivity contribution < 1.29 is 8.60 Å². The molecule has 0 bridgehead atoms. The Bertz CT molecular complexity index is 145. The van der Waals surface area contributed by atoms with Gasteiger partial charge in [-0.25, -0.2) is 8.60 Å². The third kappa shape index (κ3) is 3.52. The maximum atomic E-state index is 12.6. The zero-order valence-corrected chi connectivity index (χ0v) is 7.84. The molecule has 1 aliphatic carbocycles. The summed E-state index contributed by atoms with van der Waals surface area (Å²) in [4.78, 5) is 0. The van der Waals surface area contributed by atoms with E-state index in [9.17, 15) is 8.60 Å². The number of alkyl halides is 1. The van der Waals surface area contributed by atoms with Crippen molar-refractivity contribution in [2.24, 2.45) is 5.92 Å². The van der Waals surface area contributed by atoms with Gasteiger partial charge in [0.15, 0.2) is 0 Å². The highest BCUT2D eigenvalue weighted by atomic mass is 35.7. The lowest BCUT2D eigenvalue weighted by molar-refractivity contribution is 0.217. The van der Waals surface area contributed by atoms with E-state index in [2.05, 4.69) is 0 Å². The normalized spacial score (nSPS) is 35.1. The summed E-state index contributed by atoms with van der Waals surface area (Å²) in [5.41, 5.74) is 0. The highest BCUT2D eigenvalue weighted by molar-refractivity contribution is 8.08. The molecule has 1 rings (SSSR count). The quantitative estimate of drug-likeness (QED) is 0.623. The fourth-order valence-corrected chi connectivity index (χ4v) is 2.71. The highest BCUT2D eigenvalue weighted by Crippen LogP contribution is 2.26. The molecule has 0 heterocycles. The van der Waals surface area contributed by atoms with E-state index >= 15 is 0 Å². The number of halogens is 2. The summed E-state index contributed by atoms with van der Waals surface area (Å²) in [6.45, 7) is 0. The minimum absolute atomic E-state index is 0.389. The van der Waals surface area contributed by atoms with E-state index in [1.54, 1.807) is 0 Å². The van der Waals surface area contributed by atoms with Gasteiger partial charge in [0, 0.05) is 5.75 Å². The zero-order valence-electron chi connectivity index (χ0n) is 6.26. The Morgan fingerprint density at radius 3 is 2.36 bits per heavy atom. The SMILES string of the molecule is O=S(Cl)CC1CCC(F)CC1. The summed E-state index contributed by atoms with van der Waals surface area (Å²) in [6.07, 6.45) is 2.31. The van der Waals surface area contributed by atoms with Crippen LogP contribution in [0.2, 0.25) is 0 Å². The molecule has 4 heteroatoms. The predicted molar refractivity (Wildman–Crippen MR) is 45.7 cm³/mol. The van der Waals surface area contributed by atoms with Crippen molar-refractivity contribution in [3.05, 3.63) is 0 Å². The fraction of sp³-hybridized carbons (Fsp3) is 1.00. The van der Waals surface area contributed by atoms with Gasteiger partial charge >= 0.3 is 0 Å². The monoisotopic (exact) mass is 198 g/mol. The van der Waals surface area contributed by atoms with Crippen LogP contribution in [0.15, 0.2) is 0 Å². The highest BCUT2D eigenvalue weighted by Gasteiger charge is 2.21. The molecule has 0 saturated heterocycles. The number of hydrogen-bond acceptors (Lipinski definition) is 1. The van der Waals surface area contributed by atoms with Gasteiger partial charge in [-0.1, -0.05) is 0 Å². The van der Waals surface area contributed by atoms with Crippen molar-refractivity contribution in [3.63, 3.8) is 0 Å². The Kier molecular flexibility index (Phi) is 3.79. The third-order valence-corrected chi connectivity index (χ3v) is 3.25. The van der Waals surface area contributed by atoms with Crippen molar-refractivity contribution in [1.82, 2.24) is 0 Å². The van der Waals surface area contributed by atoms with Gasteiger partial charge < -0.3 is 0 Å². The molecule has 1 fully saturated rings. The molecule has 0 aromatic heterocycles. The molecular weight excluding hydrogens is 187 g/mol. The predicted octanol–water partition coefficient (Wildman–Crippen LogP) is 2.42. The van der Waals surface area contributed by atoms with Gasteiger partial charge in [0.2, 0.25) is 0 Å². The first-order valence-electron chi connectivity index (χ1n) is 3.87. The van der Waals surface area contributed by atoms with Crippen LogP contribution in [-0.4, -0.2) is 16.1 Å². The molecule has 1 nitrogen and oxygen atoms in total. The lowest BCUT2D eigenvalue weighted by Crippen LogP contribution is -2.18. The second kappa shape index (κ2) is 4.41. The van der Waals surface area contributed by atoms with Crippen molar-refractivity contribution in [1.29, 1.82) is 0 Å². The molecule has 0 radical (unpaired) electrons. The topological polar surface area (TPSA) is 17.1 Å². The Morgan fingerprint density at radius 2 is 1.91 bits per heavy atom. The van der Waals surface area contributed by atoms with Crippen LogP contribution >= 0.6 is 10.7 Å². The molecule has 1 saturated carbocycles. The molecule has 66 valence electrons. The third-order valence-electron chi connectivity index (χ3n) is 2.14. The first-order chi connectivity index (χ1) is 5.18. The Hall–Kier alpha value is 0.370. The van der Waals surface area contributed by atoms with E-state index in [-0.39, 0.29) is 0 Å². The summed E-state index contributed by atoms with van der Waals surface area (Å²) < 4.78 is 23.2. The summed E-state index contributed by atoms with van der Waals surface area (Å²) in [7, 11) is 4.10. The van der Waals surface area contributed by atoms with Crippen LogP contribution in [0, 0.1) is 5.92 Å². The van der Waals surface area contributed by atoms with E-state index in [0.29, 0.717) is 24.5 Å². The summed E-state index contributed by atoms with van der Waals surface area (Å²) >= 11 is 0. The standard InChI is InChI=1S/C7H12ClFOS/c8-11(10)5-6-1-3-7(9)4-2-6/h6-7H,1-5H2. The van der Waals surface area contributed by atoms with Crippen LogP contribution in [0.1, 0.15) is 25.7 Å². The van der Waals surface area contributed by atoms with Crippen LogP contribution < -0.4 is 0 Å². The maximum absolute atomic E-state index is 12.6. The van der Waals surface area contributed by atoms with Crippen LogP contribution in [0.5, 0.6) is 0 Å². The van der Waals surface area contributed by atoms with Gasteiger partial charge in [0.25, 0.3) is 0 Å². The Morgan fingerprint density at radius 1 is 1.36 bits per heavy atom. The van der Waals surface area contributed by atoms with E-state index in [4.69, 9.17) is 10.7 Å². The van der Waals surface area contributed by atoms with Crippen molar-refractivity contribution in [2.75, 3.05) is 5.75 Å².